The number of carbonyl (C=O) groups is 2. The van der Waals surface area contributed by atoms with Crippen molar-refractivity contribution < 1.29 is 9.59 Å². The van der Waals surface area contributed by atoms with Crippen molar-refractivity contribution >= 4 is 17.5 Å². The fraction of sp³-hybridized carbons (Fsp3) is 0.263. The lowest BCUT2D eigenvalue weighted by molar-refractivity contribution is -0.116. The quantitative estimate of drug-likeness (QED) is 0.857. The molecule has 23 heavy (non-hydrogen) atoms. The van der Waals surface area contributed by atoms with E-state index >= 15 is 0 Å². The van der Waals surface area contributed by atoms with Gasteiger partial charge >= 0.3 is 0 Å². The van der Waals surface area contributed by atoms with Crippen molar-refractivity contribution in [3.8, 4) is 0 Å². The van der Waals surface area contributed by atoms with Gasteiger partial charge in [-0.15, -0.1) is 0 Å². The number of nitrogens with two attached hydrogens (primary N) is 1. The Morgan fingerprint density at radius 3 is 2.13 bits per heavy atom. The SMILES string of the molecule is CC(C)c1ccc(CCC(=O)Nc2ccc(C(N)=O)cc2)cc1. The molecular weight excluding hydrogens is 288 g/mol. The fourth-order valence-electron chi connectivity index (χ4n) is 2.27. The molecular formula is C19H22N2O2. The molecule has 120 valence electrons. The third-order valence-electron chi connectivity index (χ3n) is 3.74. The molecule has 0 unspecified atom stereocenters. The van der Waals surface area contributed by atoms with Gasteiger partial charge in [-0.25, -0.2) is 0 Å². The van der Waals surface area contributed by atoms with E-state index in [0.717, 1.165) is 5.56 Å². The minimum absolute atomic E-state index is 0.0511. The summed E-state index contributed by atoms with van der Waals surface area (Å²) in [4.78, 5) is 23.0. The van der Waals surface area contributed by atoms with Gasteiger partial charge in [-0.1, -0.05) is 38.1 Å². The van der Waals surface area contributed by atoms with E-state index in [-0.39, 0.29) is 5.91 Å². The van der Waals surface area contributed by atoms with Gasteiger partial charge in [-0.05, 0) is 47.7 Å². The second kappa shape index (κ2) is 7.58. The summed E-state index contributed by atoms with van der Waals surface area (Å²) in [6, 6.07) is 14.9. The molecule has 2 amide bonds. The van der Waals surface area contributed by atoms with E-state index in [1.807, 2.05) is 0 Å². The Morgan fingerprint density at radius 1 is 1.00 bits per heavy atom. The van der Waals surface area contributed by atoms with Gasteiger partial charge in [0.15, 0.2) is 0 Å². The van der Waals surface area contributed by atoms with Crippen LogP contribution in [0, 0.1) is 0 Å². The number of anilines is 1. The van der Waals surface area contributed by atoms with Gasteiger partial charge in [0.05, 0.1) is 0 Å². The van der Waals surface area contributed by atoms with Crippen molar-refractivity contribution in [3.05, 3.63) is 65.2 Å². The monoisotopic (exact) mass is 310 g/mol. The van der Waals surface area contributed by atoms with Crippen molar-refractivity contribution in [2.45, 2.75) is 32.6 Å². The standard InChI is InChI=1S/C19H22N2O2/c1-13(2)15-6-3-14(4-7-15)5-12-18(22)21-17-10-8-16(9-11-17)19(20)23/h3-4,6-11,13H,5,12H2,1-2H3,(H2,20,23)(H,21,22). The number of rotatable bonds is 6. The Kier molecular flexibility index (Phi) is 5.52. The minimum atomic E-state index is -0.479. The van der Waals surface area contributed by atoms with Crippen molar-refractivity contribution in [2.24, 2.45) is 5.73 Å². The molecule has 0 aromatic heterocycles. The molecule has 0 atom stereocenters. The molecule has 4 nitrogen and oxygen atoms in total. The highest BCUT2D eigenvalue weighted by molar-refractivity contribution is 5.94. The summed E-state index contributed by atoms with van der Waals surface area (Å²) < 4.78 is 0. The number of nitrogens with one attached hydrogen (secondary N) is 1. The van der Waals surface area contributed by atoms with E-state index in [4.69, 9.17) is 5.73 Å². The largest absolute Gasteiger partial charge is 0.366 e. The maximum absolute atomic E-state index is 12.0. The highest BCUT2D eigenvalue weighted by atomic mass is 16.1. The summed E-state index contributed by atoms with van der Waals surface area (Å²) in [6.45, 7) is 4.32. The number of hydrogen-bond acceptors (Lipinski definition) is 2. The van der Waals surface area contributed by atoms with Gasteiger partial charge in [0, 0.05) is 17.7 Å². The predicted octanol–water partition coefficient (Wildman–Crippen LogP) is 3.48. The maximum Gasteiger partial charge on any atom is 0.248 e. The maximum atomic E-state index is 12.0. The molecule has 0 heterocycles. The second-order valence-corrected chi connectivity index (χ2v) is 5.89. The first-order valence-electron chi connectivity index (χ1n) is 7.74. The Balaban J connectivity index is 1.86. The van der Waals surface area contributed by atoms with Crippen LogP contribution in [-0.4, -0.2) is 11.8 Å². The molecule has 0 bridgehead atoms. The van der Waals surface area contributed by atoms with Gasteiger partial charge < -0.3 is 11.1 Å². The van der Waals surface area contributed by atoms with Gasteiger partial charge in [-0.3, -0.25) is 9.59 Å². The summed E-state index contributed by atoms with van der Waals surface area (Å²) in [5.74, 6) is -0.0202. The highest BCUT2D eigenvalue weighted by Gasteiger charge is 2.05. The molecule has 0 radical (unpaired) electrons. The Hall–Kier alpha value is -2.62. The summed E-state index contributed by atoms with van der Waals surface area (Å²) in [5.41, 5.74) is 8.71. The molecule has 2 aromatic carbocycles. The molecule has 0 saturated heterocycles. The van der Waals surface area contributed by atoms with Crippen LogP contribution in [0.3, 0.4) is 0 Å². The molecule has 2 aromatic rings. The fourth-order valence-corrected chi connectivity index (χ4v) is 2.27. The normalized spacial score (nSPS) is 10.6. The topological polar surface area (TPSA) is 72.2 Å². The minimum Gasteiger partial charge on any atom is -0.366 e. The van der Waals surface area contributed by atoms with Crippen LogP contribution in [0.1, 0.15) is 47.7 Å². The summed E-state index contributed by atoms with van der Waals surface area (Å²) in [7, 11) is 0. The molecule has 3 N–H and O–H groups in total. The zero-order chi connectivity index (χ0) is 16.8. The third-order valence-corrected chi connectivity index (χ3v) is 3.74. The summed E-state index contributed by atoms with van der Waals surface area (Å²) in [5, 5.41) is 2.82. The second-order valence-electron chi connectivity index (χ2n) is 5.89. The first-order chi connectivity index (χ1) is 11.0. The van der Waals surface area contributed by atoms with Crippen molar-refractivity contribution in [1.82, 2.24) is 0 Å². The van der Waals surface area contributed by atoms with Crippen LogP contribution in [0.4, 0.5) is 5.69 Å². The highest BCUT2D eigenvalue weighted by Crippen LogP contribution is 2.16. The van der Waals surface area contributed by atoms with Crippen molar-refractivity contribution in [1.29, 1.82) is 0 Å². The first-order valence-corrected chi connectivity index (χ1v) is 7.74. The van der Waals surface area contributed by atoms with Gasteiger partial charge in [0.1, 0.15) is 0 Å². The number of benzene rings is 2. The predicted molar refractivity (Wildman–Crippen MR) is 92.4 cm³/mol. The number of amides is 2. The van der Waals surface area contributed by atoms with Crippen LogP contribution in [0.2, 0.25) is 0 Å². The van der Waals surface area contributed by atoms with E-state index < -0.39 is 5.91 Å². The molecule has 0 saturated carbocycles. The van der Waals surface area contributed by atoms with Crippen LogP contribution in [0.25, 0.3) is 0 Å². The molecule has 2 rings (SSSR count). The van der Waals surface area contributed by atoms with Gasteiger partial charge in [0.2, 0.25) is 11.8 Å². The Morgan fingerprint density at radius 2 is 1.61 bits per heavy atom. The average Bonchev–Trinajstić information content (AvgIpc) is 2.54. The van der Waals surface area contributed by atoms with Crippen LogP contribution in [0.5, 0.6) is 0 Å². The number of hydrogen-bond donors (Lipinski definition) is 2. The molecule has 0 aliphatic rings. The molecule has 0 spiro atoms. The van der Waals surface area contributed by atoms with Gasteiger partial charge in [-0.2, -0.15) is 0 Å². The molecule has 0 aliphatic carbocycles. The number of primary amides is 1. The van der Waals surface area contributed by atoms with E-state index in [1.165, 1.54) is 5.56 Å². The summed E-state index contributed by atoms with van der Waals surface area (Å²) in [6.07, 6.45) is 1.11. The molecule has 0 fully saturated rings. The Bertz CT molecular complexity index is 674. The number of aryl methyl sites for hydroxylation is 1. The Labute approximate surface area is 136 Å². The van der Waals surface area contributed by atoms with Crippen LogP contribution >= 0.6 is 0 Å². The lowest BCUT2D eigenvalue weighted by Gasteiger charge is -2.08. The van der Waals surface area contributed by atoms with E-state index in [1.54, 1.807) is 24.3 Å². The number of carbonyl (C=O) groups excluding carboxylic acids is 2. The average molecular weight is 310 g/mol. The zero-order valence-electron chi connectivity index (χ0n) is 13.5. The van der Waals surface area contributed by atoms with Crippen LogP contribution < -0.4 is 11.1 Å². The first kappa shape index (κ1) is 16.7. The van der Waals surface area contributed by atoms with E-state index in [0.29, 0.717) is 30.0 Å². The molecule has 0 aliphatic heterocycles. The van der Waals surface area contributed by atoms with E-state index in [2.05, 4.69) is 43.4 Å². The summed E-state index contributed by atoms with van der Waals surface area (Å²) >= 11 is 0. The van der Waals surface area contributed by atoms with E-state index in [9.17, 15) is 9.59 Å². The van der Waals surface area contributed by atoms with Crippen molar-refractivity contribution in [2.75, 3.05) is 5.32 Å². The lowest BCUT2D eigenvalue weighted by atomic mass is 10.0. The van der Waals surface area contributed by atoms with Crippen LogP contribution in [0.15, 0.2) is 48.5 Å². The lowest BCUT2D eigenvalue weighted by Crippen LogP contribution is -2.13. The van der Waals surface area contributed by atoms with Crippen molar-refractivity contribution in [3.63, 3.8) is 0 Å². The zero-order valence-corrected chi connectivity index (χ0v) is 13.5. The van der Waals surface area contributed by atoms with Gasteiger partial charge in [0.25, 0.3) is 0 Å². The molecule has 4 heteroatoms. The smallest absolute Gasteiger partial charge is 0.248 e. The van der Waals surface area contributed by atoms with Crippen LogP contribution in [-0.2, 0) is 11.2 Å². The third kappa shape index (κ3) is 4.95.